The van der Waals surface area contributed by atoms with Crippen molar-refractivity contribution in [2.45, 2.75) is 59.9 Å². The van der Waals surface area contributed by atoms with E-state index in [-0.39, 0.29) is 11.3 Å². The second-order valence-electron chi connectivity index (χ2n) is 8.11. The minimum Gasteiger partial charge on any atom is -0.340 e. The molecule has 0 spiro atoms. The van der Waals surface area contributed by atoms with Gasteiger partial charge in [-0.25, -0.2) is 0 Å². The Morgan fingerprint density at radius 2 is 1.67 bits per heavy atom. The zero-order valence-corrected chi connectivity index (χ0v) is 14.6. The molecule has 0 bridgehead atoms. The Balaban J connectivity index is 2.44. The van der Waals surface area contributed by atoms with Crippen LogP contribution >= 0.6 is 0 Å². The summed E-state index contributed by atoms with van der Waals surface area (Å²) < 4.78 is 0. The van der Waals surface area contributed by atoms with Crippen molar-refractivity contribution >= 4 is 5.91 Å². The molecule has 1 heterocycles. The molecule has 1 rings (SSSR count). The molecule has 1 saturated heterocycles. The van der Waals surface area contributed by atoms with E-state index in [0.29, 0.717) is 12.3 Å². The molecule has 21 heavy (non-hydrogen) atoms. The normalized spacial score (nSPS) is 19.2. The zero-order valence-electron chi connectivity index (χ0n) is 14.6. The van der Waals surface area contributed by atoms with Gasteiger partial charge in [0.15, 0.2) is 0 Å². The molecule has 4 nitrogen and oxygen atoms in total. The van der Waals surface area contributed by atoms with E-state index >= 15 is 0 Å². The molecule has 1 atom stereocenters. The molecule has 120 valence electrons. The smallest absolute Gasteiger partial charge is 0.222 e. The summed E-state index contributed by atoms with van der Waals surface area (Å²) in [5.41, 5.74) is -0.163. The first-order valence-corrected chi connectivity index (χ1v) is 7.99. The SMILES string of the molecule is CC(CC(=O)N1CCN(C(C)(C)C#N)CC1)CC(C)(C)C. The number of piperazine rings is 1. The predicted octanol–water partition coefficient (Wildman–Crippen LogP) is 2.90. The largest absolute Gasteiger partial charge is 0.340 e. The lowest BCUT2D eigenvalue weighted by atomic mass is 9.84. The Labute approximate surface area is 130 Å². The number of hydrogen-bond acceptors (Lipinski definition) is 3. The first kappa shape index (κ1) is 18.0. The van der Waals surface area contributed by atoms with E-state index in [1.54, 1.807) is 0 Å². The standard InChI is InChI=1S/C17H31N3O/c1-14(12-16(2,3)4)11-15(21)19-7-9-20(10-8-19)17(5,6)13-18/h14H,7-12H2,1-6H3. The van der Waals surface area contributed by atoms with Crippen molar-refractivity contribution in [2.24, 2.45) is 11.3 Å². The fraction of sp³-hybridized carbons (Fsp3) is 0.882. The fourth-order valence-corrected chi connectivity index (χ4v) is 3.13. The van der Waals surface area contributed by atoms with Crippen molar-refractivity contribution in [1.82, 2.24) is 9.80 Å². The quantitative estimate of drug-likeness (QED) is 0.800. The second-order valence-corrected chi connectivity index (χ2v) is 8.11. The molecule has 0 aromatic carbocycles. The number of rotatable bonds is 4. The third kappa shape index (κ3) is 5.67. The Bertz CT molecular complexity index is 395. The van der Waals surface area contributed by atoms with Gasteiger partial charge in [0.1, 0.15) is 5.54 Å². The highest BCUT2D eigenvalue weighted by atomic mass is 16.2. The van der Waals surface area contributed by atoms with Crippen molar-refractivity contribution in [2.75, 3.05) is 26.2 Å². The molecule has 1 unspecified atom stereocenters. The number of nitrogens with zero attached hydrogens (tertiary/aromatic N) is 3. The molecule has 1 aliphatic rings. The first-order chi connectivity index (χ1) is 9.55. The average Bonchev–Trinajstić information content (AvgIpc) is 2.36. The van der Waals surface area contributed by atoms with Crippen LogP contribution in [-0.4, -0.2) is 47.4 Å². The molecule has 1 aliphatic heterocycles. The van der Waals surface area contributed by atoms with Gasteiger partial charge < -0.3 is 4.90 Å². The van der Waals surface area contributed by atoms with Crippen molar-refractivity contribution < 1.29 is 4.79 Å². The maximum Gasteiger partial charge on any atom is 0.222 e. The minimum absolute atomic E-state index is 0.265. The van der Waals surface area contributed by atoms with Gasteiger partial charge in [0.2, 0.25) is 5.91 Å². The van der Waals surface area contributed by atoms with E-state index in [1.165, 1.54) is 0 Å². The molecule has 0 radical (unpaired) electrons. The summed E-state index contributed by atoms with van der Waals surface area (Å²) in [7, 11) is 0. The van der Waals surface area contributed by atoms with Gasteiger partial charge in [0, 0.05) is 32.6 Å². The minimum atomic E-state index is -0.436. The maximum atomic E-state index is 12.4. The Hall–Kier alpha value is -1.08. The van der Waals surface area contributed by atoms with Crippen LogP contribution in [0.15, 0.2) is 0 Å². The summed E-state index contributed by atoms with van der Waals surface area (Å²) >= 11 is 0. The van der Waals surface area contributed by atoms with Gasteiger partial charge >= 0.3 is 0 Å². The highest BCUT2D eigenvalue weighted by Crippen LogP contribution is 2.26. The van der Waals surface area contributed by atoms with Crippen molar-refractivity contribution in [3.8, 4) is 6.07 Å². The van der Waals surface area contributed by atoms with Gasteiger partial charge in [-0.3, -0.25) is 9.69 Å². The van der Waals surface area contributed by atoms with E-state index in [2.05, 4.69) is 38.7 Å². The highest BCUT2D eigenvalue weighted by Gasteiger charge is 2.31. The van der Waals surface area contributed by atoms with Gasteiger partial charge in [0.05, 0.1) is 6.07 Å². The second kappa shape index (κ2) is 6.79. The number of hydrogen-bond donors (Lipinski definition) is 0. The molecule has 4 heteroatoms. The van der Waals surface area contributed by atoms with Crippen LogP contribution in [0.5, 0.6) is 0 Å². The van der Waals surface area contributed by atoms with E-state index < -0.39 is 5.54 Å². The third-order valence-corrected chi connectivity index (χ3v) is 4.18. The summed E-state index contributed by atoms with van der Waals surface area (Å²) in [5, 5.41) is 9.18. The third-order valence-electron chi connectivity index (χ3n) is 4.18. The molecule has 0 N–H and O–H groups in total. The Morgan fingerprint density at radius 3 is 2.10 bits per heavy atom. The Kier molecular flexibility index (Phi) is 5.81. The van der Waals surface area contributed by atoms with Crippen molar-refractivity contribution in [3.63, 3.8) is 0 Å². The van der Waals surface area contributed by atoms with E-state index in [9.17, 15) is 10.1 Å². The molecule has 0 aromatic rings. The topological polar surface area (TPSA) is 47.3 Å². The van der Waals surface area contributed by atoms with Gasteiger partial charge in [-0.15, -0.1) is 0 Å². The van der Waals surface area contributed by atoms with Crippen molar-refractivity contribution in [1.29, 1.82) is 5.26 Å². The van der Waals surface area contributed by atoms with Gasteiger partial charge in [-0.1, -0.05) is 27.7 Å². The van der Waals surface area contributed by atoms with Crippen LogP contribution in [0, 0.1) is 22.7 Å². The number of amides is 1. The first-order valence-electron chi connectivity index (χ1n) is 7.99. The number of carbonyl (C=O) groups is 1. The maximum absolute atomic E-state index is 12.4. The summed E-state index contributed by atoms with van der Waals surface area (Å²) in [4.78, 5) is 16.5. The number of nitriles is 1. The van der Waals surface area contributed by atoms with Gasteiger partial charge in [-0.2, -0.15) is 5.26 Å². The highest BCUT2D eigenvalue weighted by molar-refractivity contribution is 5.76. The average molecular weight is 293 g/mol. The lowest BCUT2D eigenvalue weighted by molar-refractivity contribution is -0.134. The van der Waals surface area contributed by atoms with E-state index in [0.717, 1.165) is 32.6 Å². The van der Waals surface area contributed by atoms with Crippen molar-refractivity contribution in [3.05, 3.63) is 0 Å². The molecule has 0 aromatic heterocycles. The molecule has 1 amide bonds. The lowest BCUT2D eigenvalue weighted by Gasteiger charge is -2.40. The molecular weight excluding hydrogens is 262 g/mol. The Morgan fingerprint density at radius 1 is 1.14 bits per heavy atom. The van der Waals surface area contributed by atoms with Gasteiger partial charge in [-0.05, 0) is 31.6 Å². The van der Waals surface area contributed by atoms with E-state index in [1.807, 2.05) is 18.7 Å². The van der Waals surface area contributed by atoms with Crippen LogP contribution in [-0.2, 0) is 4.79 Å². The summed E-state index contributed by atoms with van der Waals surface area (Å²) in [6, 6.07) is 2.34. The summed E-state index contributed by atoms with van der Waals surface area (Å²) in [5.74, 6) is 0.687. The van der Waals surface area contributed by atoms with Crippen LogP contribution in [0.2, 0.25) is 0 Å². The molecule has 1 fully saturated rings. The van der Waals surface area contributed by atoms with E-state index in [4.69, 9.17) is 0 Å². The van der Waals surface area contributed by atoms with Crippen LogP contribution < -0.4 is 0 Å². The monoisotopic (exact) mass is 293 g/mol. The zero-order chi connectivity index (χ0) is 16.3. The molecule has 0 aliphatic carbocycles. The number of carbonyl (C=O) groups excluding carboxylic acids is 1. The van der Waals surface area contributed by atoms with Crippen LogP contribution in [0.1, 0.15) is 54.4 Å². The predicted molar refractivity (Wildman–Crippen MR) is 85.7 cm³/mol. The lowest BCUT2D eigenvalue weighted by Crippen LogP contribution is -2.55. The van der Waals surface area contributed by atoms with Crippen LogP contribution in [0.25, 0.3) is 0 Å². The summed E-state index contributed by atoms with van der Waals surface area (Å²) in [6.07, 6.45) is 1.71. The van der Waals surface area contributed by atoms with Crippen LogP contribution in [0.4, 0.5) is 0 Å². The fourth-order valence-electron chi connectivity index (χ4n) is 3.13. The van der Waals surface area contributed by atoms with Gasteiger partial charge in [0.25, 0.3) is 0 Å². The summed E-state index contributed by atoms with van der Waals surface area (Å²) in [6.45, 7) is 15.8. The molecular formula is C17H31N3O. The molecule has 0 saturated carbocycles. The van der Waals surface area contributed by atoms with Crippen LogP contribution in [0.3, 0.4) is 0 Å².